The minimum atomic E-state index is -1.40. The van der Waals surface area contributed by atoms with Crippen molar-refractivity contribution in [3.8, 4) is 6.07 Å². The van der Waals surface area contributed by atoms with Crippen LogP contribution in [0, 0.1) is 11.3 Å². The van der Waals surface area contributed by atoms with Crippen LogP contribution in [0.3, 0.4) is 0 Å². The van der Waals surface area contributed by atoms with E-state index >= 15 is 0 Å². The molecule has 0 aliphatic heterocycles. The lowest BCUT2D eigenvalue weighted by Crippen LogP contribution is -2.24. The summed E-state index contributed by atoms with van der Waals surface area (Å²) in [6, 6.07) is 2.42. The van der Waals surface area contributed by atoms with Crippen LogP contribution >= 0.6 is 0 Å². The predicted molar refractivity (Wildman–Crippen MR) is 70.4 cm³/mol. The summed E-state index contributed by atoms with van der Waals surface area (Å²) in [5.41, 5.74) is 1.34. The fourth-order valence-electron chi connectivity index (χ4n) is 1.85. The van der Waals surface area contributed by atoms with Crippen molar-refractivity contribution in [1.82, 2.24) is 0 Å². The van der Waals surface area contributed by atoms with Crippen molar-refractivity contribution < 1.29 is 0 Å². The van der Waals surface area contributed by atoms with Gasteiger partial charge in [0.25, 0.3) is 0 Å². The fraction of sp³-hybridized carbons (Fsp3) is 0.769. The zero-order valence-electron chi connectivity index (χ0n) is 11.0. The molecule has 0 unspecified atom stereocenters. The first kappa shape index (κ1) is 14.4. The lowest BCUT2D eigenvalue weighted by molar-refractivity contribution is 0.664. The van der Waals surface area contributed by atoms with Crippen LogP contribution < -0.4 is 0 Å². The van der Waals surface area contributed by atoms with Crippen molar-refractivity contribution in [2.45, 2.75) is 65.6 Å². The third kappa shape index (κ3) is 5.79. The minimum Gasteiger partial charge on any atom is -0.193 e. The molecule has 0 aromatic rings. The summed E-state index contributed by atoms with van der Waals surface area (Å²) >= 11 is 0. The van der Waals surface area contributed by atoms with Gasteiger partial charge in [-0.1, -0.05) is 51.4 Å². The second-order valence-corrected chi connectivity index (χ2v) is 10.3. The van der Waals surface area contributed by atoms with Gasteiger partial charge < -0.3 is 0 Å². The van der Waals surface area contributed by atoms with Gasteiger partial charge in [-0.15, -0.1) is 0 Å². The number of unbranched alkanes of at least 4 members (excludes halogenated alkanes) is 3. The highest BCUT2D eigenvalue weighted by atomic mass is 28.3. The molecule has 0 heterocycles. The molecule has 15 heavy (non-hydrogen) atoms. The van der Waals surface area contributed by atoms with E-state index in [-0.39, 0.29) is 0 Å². The topological polar surface area (TPSA) is 23.8 Å². The van der Waals surface area contributed by atoms with Crippen molar-refractivity contribution in [1.29, 1.82) is 5.26 Å². The average molecular weight is 223 g/mol. The number of rotatable bonds is 6. The van der Waals surface area contributed by atoms with E-state index in [0.717, 1.165) is 11.6 Å². The third-order valence-electron chi connectivity index (χ3n) is 2.69. The molecule has 0 rings (SSSR count). The lowest BCUT2D eigenvalue weighted by atomic mass is 10.1. The summed E-state index contributed by atoms with van der Waals surface area (Å²) in [6.45, 7) is 11.1. The Morgan fingerprint density at radius 2 is 1.73 bits per heavy atom. The molecular weight excluding hydrogens is 198 g/mol. The van der Waals surface area contributed by atoms with E-state index < -0.39 is 8.07 Å². The monoisotopic (exact) mass is 223 g/mol. The second-order valence-electron chi connectivity index (χ2n) is 5.33. The zero-order chi connectivity index (χ0) is 11.9. The molecule has 1 nitrogen and oxygen atoms in total. The number of nitriles is 1. The molecule has 2 heteroatoms. The Hall–Kier alpha value is -0.553. The van der Waals surface area contributed by atoms with Gasteiger partial charge >= 0.3 is 0 Å². The molecule has 0 aliphatic carbocycles. The van der Waals surface area contributed by atoms with E-state index in [1.807, 2.05) is 0 Å². The van der Waals surface area contributed by atoms with E-state index in [9.17, 15) is 0 Å². The molecule has 0 bridgehead atoms. The SMILES string of the molecule is CCCCCC/C(C)=C(/C#N)[Si](C)(C)C. The Morgan fingerprint density at radius 3 is 2.13 bits per heavy atom. The van der Waals surface area contributed by atoms with Crippen molar-refractivity contribution >= 4 is 8.07 Å². The third-order valence-corrected chi connectivity index (χ3v) is 4.73. The Morgan fingerprint density at radius 1 is 1.13 bits per heavy atom. The van der Waals surface area contributed by atoms with Gasteiger partial charge in [0.05, 0.1) is 14.1 Å². The van der Waals surface area contributed by atoms with Gasteiger partial charge in [-0.25, -0.2) is 0 Å². The van der Waals surface area contributed by atoms with Crippen LogP contribution in [0.4, 0.5) is 0 Å². The maximum atomic E-state index is 9.16. The summed E-state index contributed by atoms with van der Waals surface area (Å²) in [6.07, 6.45) is 6.27. The quantitative estimate of drug-likeness (QED) is 0.364. The van der Waals surface area contributed by atoms with Crippen molar-refractivity contribution in [3.63, 3.8) is 0 Å². The van der Waals surface area contributed by atoms with Crippen molar-refractivity contribution in [2.75, 3.05) is 0 Å². The van der Waals surface area contributed by atoms with E-state index in [0.29, 0.717) is 0 Å². The minimum absolute atomic E-state index is 1.11. The maximum Gasteiger partial charge on any atom is 0.0911 e. The van der Waals surface area contributed by atoms with Crippen LogP contribution in [0.1, 0.15) is 46.0 Å². The van der Waals surface area contributed by atoms with Crippen LogP contribution in [-0.4, -0.2) is 8.07 Å². The molecule has 0 N–H and O–H groups in total. The Kier molecular flexibility index (Phi) is 6.59. The van der Waals surface area contributed by atoms with Crippen LogP contribution in [0.5, 0.6) is 0 Å². The first-order valence-corrected chi connectivity index (χ1v) is 9.53. The molecule has 0 atom stereocenters. The summed E-state index contributed by atoms with van der Waals surface area (Å²) in [7, 11) is -1.40. The normalized spacial score (nSPS) is 13.3. The molecule has 0 spiro atoms. The van der Waals surface area contributed by atoms with Crippen molar-refractivity contribution in [2.24, 2.45) is 0 Å². The number of allylic oxidation sites excluding steroid dienone is 2. The standard InChI is InChI=1S/C13H25NSi/c1-6-7-8-9-10-12(2)13(11-14)15(3,4)5/h6-10H2,1-5H3/b13-12-. The van der Waals surface area contributed by atoms with Crippen LogP contribution in [0.2, 0.25) is 19.6 Å². The number of nitrogens with zero attached hydrogens (tertiary/aromatic N) is 1. The van der Waals surface area contributed by atoms with Crippen molar-refractivity contribution in [3.05, 3.63) is 10.8 Å². The Labute approximate surface area is 96.2 Å². The molecule has 0 saturated heterocycles. The molecule has 0 aromatic carbocycles. The van der Waals surface area contributed by atoms with Gasteiger partial charge in [0.2, 0.25) is 0 Å². The molecule has 0 aliphatic rings. The van der Waals surface area contributed by atoms with Gasteiger partial charge in [-0.05, 0) is 19.8 Å². The highest BCUT2D eigenvalue weighted by molar-refractivity contribution is 6.84. The van der Waals surface area contributed by atoms with Gasteiger partial charge in [0.15, 0.2) is 0 Å². The molecular formula is C13H25NSi. The smallest absolute Gasteiger partial charge is 0.0911 e. The number of hydrogen-bond donors (Lipinski definition) is 0. The van der Waals surface area contributed by atoms with Gasteiger partial charge in [-0.2, -0.15) is 5.26 Å². The Balaban J connectivity index is 4.30. The largest absolute Gasteiger partial charge is 0.193 e. The first-order chi connectivity index (χ1) is 6.93. The van der Waals surface area contributed by atoms with Crippen LogP contribution in [0.25, 0.3) is 0 Å². The number of hydrogen-bond acceptors (Lipinski definition) is 1. The lowest BCUT2D eigenvalue weighted by Gasteiger charge is -2.17. The summed E-state index contributed by atoms with van der Waals surface area (Å²) in [4.78, 5) is 0. The van der Waals surface area contributed by atoms with E-state index in [4.69, 9.17) is 5.26 Å². The van der Waals surface area contributed by atoms with Gasteiger partial charge in [-0.3, -0.25) is 0 Å². The molecule has 0 radical (unpaired) electrons. The summed E-state index contributed by atoms with van der Waals surface area (Å²) in [5, 5.41) is 10.3. The van der Waals surface area contributed by atoms with E-state index in [1.54, 1.807) is 0 Å². The fourth-order valence-corrected chi connectivity index (χ4v) is 3.59. The van der Waals surface area contributed by atoms with Crippen LogP contribution in [-0.2, 0) is 0 Å². The molecule has 0 amide bonds. The summed E-state index contributed by atoms with van der Waals surface area (Å²) in [5.74, 6) is 0. The highest BCUT2D eigenvalue weighted by Gasteiger charge is 2.21. The van der Waals surface area contributed by atoms with Gasteiger partial charge in [0, 0.05) is 5.20 Å². The molecule has 0 fully saturated rings. The average Bonchev–Trinajstić information content (AvgIpc) is 2.11. The molecule has 86 valence electrons. The Bertz CT molecular complexity index is 253. The predicted octanol–water partition coefficient (Wildman–Crippen LogP) is 4.67. The molecule has 0 aromatic heterocycles. The zero-order valence-corrected chi connectivity index (χ0v) is 12.0. The highest BCUT2D eigenvalue weighted by Crippen LogP contribution is 2.21. The second kappa shape index (κ2) is 6.84. The van der Waals surface area contributed by atoms with Gasteiger partial charge in [0.1, 0.15) is 0 Å². The van der Waals surface area contributed by atoms with Crippen LogP contribution in [0.15, 0.2) is 10.8 Å². The molecule has 0 saturated carbocycles. The van der Waals surface area contributed by atoms with E-state index in [1.165, 1.54) is 31.3 Å². The first-order valence-electron chi connectivity index (χ1n) is 6.03. The van der Waals surface area contributed by atoms with E-state index in [2.05, 4.69) is 39.6 Å². The maximum absolute atomic E-state index is 9.16. The summed E-state index contributed by atoms with van der Waals surface area (Å²) < 4.78 is 0.